The Morgan fingerprint density at radius 3 is 2.71 bits per heavy atom. The van der Waals surface area contributed by atoms with E-state index in [0.717, 1.165) is 18.4 Å². The molecule has 0 bridgehead atoms. The van der Waals surface area contributed by atoms with Gasteiger partial charge in [-0.1, -0.05) is 18.2 Å². The molecular formula is C18H17FO2. The summed E-state index contributed by atoms with van der Waals surface area (Å²) in [7, 11) is 0. The van der Waals surface area contributed by atoms with E-state index in [1.807, 2.05) is 6.07 Å². The maximum Gasteiger partial charge on any atom is 0.165 e. The molecule has 0 saturated heterocycles. The number of rotatable bonds is 4. The van der Waals surface area contributed by atoms with Gasteiger partial charge in [-0.15, -0.1) is 0 Å². The van der Waals surface area contributed by atoms with Crippen LogP contribution in [-0.4, -0.2) is 5.78 Å². The van der Waals surface area contributed by atoms with Crippen molar-refractivity contribution >= 4 is 5.78 Å². The number of carbonyl (C=O) groups excluding carboxylic acids is 1. The van der Waals surface area contributed by atoms with Crippen molar-refractivity contribution in [2.45, 2.75) is 32.8 Å². The lowest BCUT2D eigenvalue weighted by molar-refractivity contribution is 0.101. The second kappa shape index (κ2) is 5.68. The molecule has 2 nitrogen and oxygen atoms in total. The van der Waals surface area contributed by atoms with Gasteiger partial charge < -0.3 is 4.74 Å². The summed E-state index contributed by atoms with van der Waals surface area (Å²) in [6, 6.07) is 10.6. The normalized spacial score (nSPS) is 13.0. The Hall–Kier alpha value is -2.16. The van der Waals surface area contributed by atoms with Gasteiger partial charge in [0.2, 0.25) is 0 Å². The molecule has 0 aromatic heterocycles. The van der Waals surface area contributed by atoms with E-state index in [0.29, 0.717) is 12.2 Å². The molecule has 0 saturated carbocycles. The molecule has 0 radical (unpaired) electrons. The van der Waals surface area contributed by atoms with Crippen LogP contribution in [0.15, 0.2) is 36.4 Å². The average molecular weight is 284 g/mol. The van der Waals surface area contributed by atoms with Crippen molar-refractivity contribution in [1.29, 1.82) is 0 Å². The highest BCUT2D eigenvalue weighted by molar-refractivity contribution is 5.94. The second-order valence-electron chi connectivity index (χ2n) is 5.45. The third kappa shape index (κ3) is 2.97. The summed E-state index contributed by atoms with van der Waals surface area (Å²) in [5, 5.41) is 0. The molecule has 0 aliphatic heterocycles. The molecule has 1 aliphatic rings. The first-order chi connectivity index (χ1) is 10.1. The number of aryl methyl sites for hydroxylation is 2. The van der Waals surface area contributed by atoms with E-state index in [1.54, 1.807) is 6.07 Å². The van der Waals surface area contributed by atoms with E-state index in [-0.39, 0.29) is 11.5 Å². The average Bonchev–Trinajstić information content (AvgIpc) is 2.93. The second-order valence-corrected chi connectivity index (χ2v) is 5.45. The summed E-state index contributed by atoms with van der Waals surface area (Å²) in [6.07, 6.45) is 3.48. The minimum absolute atomic E-state index is 0.154. The first-order valence-electron chi connectivity index (χ1n) is 7.17. The van der Waals surface area contributed by atoms with E-state index in [9.17, 15) is 9.18 Å². The van der Waals surface area contributed by atoms with Crippen molar-refractivity contribution in [2.24, 2.45) is 0 Å². The van der Waals surface area contributed by atoms with Crippen LogP contribution in [0.4, 0.5) is 4.39 Å². The lowest BCUT2D eigenvalue weighted by Gasteiger charge is -2.09. The zero-order valence-electron chi connectivity index (χ0n) is 12.0. The molecule has 0 fully saturated rings. The fourth-order valence-electron chi connectivity index (χ4n) is 2.71. The number of ether oxygens (including phenoxy) is 1. The van der Waals surface area contributed by atoms with Crippen molar-refractivity contribution in [2.75, 3.05) is 0 Å². The van der Waals surface area contributed by atoms with Crippen molar-refractivity contribution in [3.8, 4) is 5.75 Å². The number of hydrogen-bond acceptors (Lipinski definition) is 2. The molecule has 2 aromatic carbocycles. The highest BCUT2D eigenvalue weighted by Gasteiger charge is 2.12. The fraction of sp³-hybridized carbons (Fsp3) is 0.278. The highest BCUT2D eigenvalue weighted by atomic mass is 19.1. The summed E-state index contributed by atoms with van der Waals surface area (Å²) in [5.41, 5.74) is 4.20. The van der Waals surface area contributed by atoms with Crippen LogP contribution in [0.2, 0.25) is 0 Å². The third-order valence-corrected chi connectivity index (χ3v) is 3.90. The summed E-state index contributed by atoms with van der Waals surface area (Å²) in [5.74, 6) is -0.469. The van der Waals surface area contributed by atoms with Crippen molar-refractivity contribution in [1.82, 2.24) is 0 Å². The predicted molar refractivity (Wildman–Crippen MR) is 79.2 cm³/mol. The van der Waals surface area contributed by atoms with E-state index < -0.39 is 5.82 Å². The molecule has 0 N–H and O–H groups in total. The van der Waals surface area contributed by atoms with Crippen LogP contribution >= 0.6 is 0 Å². The fourth-order valence-corrected chi connectivity index (χ4v) is 2.71. The molecule has 0 spiro atoms. The molecule has 0 amide bonds. The van der Waals surface area contributed by atoms with E-state index in [2.05, 4.69) is 12.1 Å². The lowest BCUT2D eigenvalue weighted by atomic mass is 10.1. The van der Waals surface area contributed by atoms with Crippen LogP contribution in [0.3, 0.4) is 0 Å². The maximum atomic E-state index is 13.9. The number of hydrogen-bond donors (Lipinski definition) is 0. The Morgan fingerprint density at radius 1 is 1.14 bits per heavy atom. The molecule has 2 aromatic rings. The van der Waals surface area contributed by atoms with E-state index in [1.165, 1.54) is 36.6 Å². The van der Waals surface area contributed by atoms with Gasteiger partial charge in [0.15, 0.2) is 17.3 Å². The summed E-state index contributed by atoms with van der Waals surface area (Å²) >= 11 is 0. The standard InChI is InChI=1S/C18H17FO2/c1-12(20)15-7-8-18(17(19)10-15)21-11-13-5-6-14-3-2-4-16(14)9-13/h5-10H,2-4,11H2,1H3. The Bertz CT molecular complexity index is 692. The van der Waals surface area contributed by atoms with E-state index in [4.69, 9.17) is 4.74 Å². The molecule has 1 aliphatic carbocycles. The minimum atomic E-state index is -0.496. The Morgan fingerprint density at radius 2 is 1.95 bits per heavy atom. The smallest absolute Gasteiger partial charge is 0.165 e. The molecular weight excluding hydrogens is 267 g/mol. The van der Waals surface area contributed by atoms with Gasteiger partial charge in [0, 0.05) is 5.56 Å². The molecule has 21 heavy (non-hydrogen) atoms. The van der Waals surface area contributed by atoms with Gasteiger partial charge in [0.25, 0.3) is 0 Å². The number of benzene rings is 2. The monoisotopic (exact) mass is 284 g/mol. The van der Waals surface area contributed by atoms with Crippen molar-refractivity contribution < 1.29 is 13.9 Å². The Labute approximate surface area is 123 Å². The maximum absolute atomic E-state index is 13.9. The van der Waals surface area contributed by atoms with Gasteiger partial charge >= 0.3 is 0 Å². The molecule has 0 unspecified atom stereocenters. The van der Waals surface area contributed by atoms with Gasteiger partial charge in [-0.3, -0.25) is 4.79 Å². The zero-order valence-corrected chi connectivity index (χ0v) is 12.0. The number of fused-ring (bicyclic) bond motifs is 1. The largest absolute Gasteiger partial charge is 0.486 e. The van der Waals surface area contributed by atoms with Crippen molar-refractivity contribution in [3.05, 3.63) is 64.5 Å². The van der Waals surface area contributed by atoms with Crippen LogP contribution in [-0.2, 0) is 19.4 Å². The van der Waals surface area contributed by atoms with E-state index >= 15 is 0 Å². The molecule has 3 heteroatoms. The third-order valence-electron chi connectivity index (χ3n) is 3.90. The summed E-state index contributed by atoms with van der Waals surface area (Å²) in [6.45, 7) is 1.75. The highest BCUT2D eigenvalue weighted by Crippen LogP contribution is 2.24. The van der Waals surface area contributed by atoms with Crippen LogP contribution in [0.5, 0.6) is 5.75 Å². The van der Waals surface area contributed by atoms with Crippen LogP contribution in [0, 0.1) is 5.82 Å². The first-order valence-corrected chi connectivity index (χ1v) is 7.17. The Kier molecular flexibility index (Phi) is 3.74. The minimum Gasteiger partial charge on any atom is -0.486 e. The van der Waals surface area contributed by atoms with Gasteiger partial charge in [0.1, 0.15) is 6.61 Å². The Balaban J connectivity index is 1.71. The molecule has 0 heterocycles. The SMILES string of the molecule is CC(=O)c1ccc(OCc2ccc3c(c2)CCC3)c(F)c1. The number of ketones is 1. The number of halogens is 1. The van der Waals surface area contributed by atoms with Crippen LogP contribution < -0.4 is 4.74 Å². The summed E-state index contributed by atoms with van der Waals surface area (Å²) in [4.78, 5) is 11.2. The van der Waals surface area contributed by atoms with Gasteiger partial charge in [-0.05, 0) is 61.1 Å². The lowest BCUT2D eigenvalue weighted by Crippen LogP contribution is -2.00. The number of Topliss-reactive ketones (excluding diaryl/α,β-unsaturated/α-hetero) is 1. The van der Waals surface area contributed by atoms with Gasteiger partial charge in [-0.25, -0.2) is 4.39 Å². The summed E-state index contributed by atoms with van der Waals surface area (Å²) < 4.78 is 19.4. The van der Waals surface area contributed by atoms with Crippen molar-refractivity contribution in [3.63, 3.8) is 0 Å². The predicted octanol–water partition coefficient (Wildman–Crippen LogP) is 4.10. The first kappa shape index (κ1) is 13.8. The molecule has 3 rings (SSSR count). The topological polar surface area (TPSA) is 26.3 Å². The van der Waals surface area contributed by atoms with Gasteiger partial charge in [0.05, 0.1) is 0 Å². The quantitative estimate of drug-likeness (QED) is 0.790. The number of carbonyl (C=O) groups is 1. The van der Waals surface area contributed by atoms with Gasteiger partial charge in [-0.2, -0.15) is 0 Å². The molecule has 108 valence electrons. The molecule has 0 atom stereocenters. The zero-order chi connectivity index (χ0) is 14.8. The van der Waals surface area contributed by atoms with Crippen LogP contribution in [0.25, 0.3) is 0 Å². The van der Waals surface area contributed by atoms with Crippen LogP contribution in [0.1, 0.15) is 40.4 Å².